The summed E-state index contributed by atoms with van der Waals surface area (Å²) in [6.07, 6.45) is 0.742. The fraction of sp³-hybridized carbons (Fsp3) is 0.625. The number of rotatable bonds is 5. The van der Waals surface area contributed by atoms with Gasteiger partial charge in [0.05, 0.1) is 42.5 Å². The second-order valence-electron chi connectivity index (χ2n) is 6.85. The fourth-order valence-electron chi connectivity index (χ4n) is 3.11. The van der Waals surface area contributed by atoms with Crippen LogP contribution in [0.5, 0.6) is 11.5 Å². The monoisotopic (exact) mass is 324 g/mol. The molecule has 1 N–H and O–H groups in total. The summed E-state index contributed by atoms with van der Waals surface area (Å²) in [5.41, 5.74) is -0.382. The predicted octanol–water partition coefficient (Wildman–Crippen LogP) is 3.37. The number of nitro groups is 1. The highest BCUT2D eigenvalue weighted by Crippen LogP contribution is 2.42. The number of anilines is 1. The zero-order valence-corrected chi connectivity index (χ0v) is 14.4. The quantitative estimate of drug-likeness (QED) is 0.660. The van der Waals surface area contributed by atoms with Gasteiger partial charge in [-0.05, 0) is 34.1 Å². The van der Waals surface area contributed by atoms with Gasteiger partial charge in [0.1, 0.15) is 5.69 Å². The molecule has 1 unspecified atom stereocenters. The molecule has 0 saturated carbocycles. The van der Waals surface area contributed by atoms with Crippen molar-refractivity contribution in [3.8, 4) is 11.5 Å². The van der Waals surface area contributed by atoms with Gasteiger partial charge >= 0.3 is 0 Å². The van der Waals surface area contributed by atoms with Crippen molar-refractivity contribution >= 4 is 11.4 Å². The third-order valence-corrected chi connectivity index (χ3v) is 4.10. The van der Waals surface area contributed by atoms with E-state index in [2.05, 4.69) is 5.32 Å². The highest BCUT2D eigenvalue weighted by atomic mass is 16.6. The Kier molecular flexibility index (Phi) is 4.43. The Balaban J connectivity index is 2.41. The lowest BCUT2D eigenvalue weighted by molar-refractivity contribution is -0.384. The third kappa shape index (κ3) is 3.50. The number of nitrogens with one attached hydrogen (secondary N) is 1. The van der Waals surface area contributed by atoms with Gasteiger partial charge in [0.25, 0.3) is 5.69 Å². The predicted molar refractivity (Wildman–Crippen MR) is 87.5 cm³/mol. The van der Waals surface area contributed by atoms with Crippen LogP contribution in [0, 0.1) is 10.1 Å². The average Bonchev–Trinajstić information content (AvgIpc) is 2.65. The molecule has 0 aromatic heterocycles. The molecular formula is C16H24N2O5. The number of methoxy groups -OCH3 is 2. The van der Waals surface area contributed by atoms with Crippen molar-refractivity contribution in [3.63, 3.8) is 0 Å². The topological polar surface area (TPSA) is 82.9 Å². The molecule has 0 amide bonds. The molecular weight excluding hydrogens is 300 g/mol. The first kappa shape index (κ1) is 17.3. The van der Waals surface area contributed by atoms with Crippen LogP contribution in [0.2, 0.25) is 0 Å². The molecule has 1 aromatic carbocycles. The van der Waals surface area contributed by atoms with Gasteiger partial charge in [0.15, 0.2) is 11.5 Å². The van der Waals surface area contributed by atoms with Crippen LogP contribution in [0.4, 0.5) is 11.4 Å². The lowest BCUT2D eigenvalue weighted by Gasteiger charge is -2.28. The molecule has 0 spiro atoms. The summed E-state index contributed by atoms with van der Waals surface area (Å²) >= 11 is 0. The Morgan fingerprint density at radius 3 is 2.22 bits per heavy atom. The van der Waals surface area contributed by atoms with E-state index >= 15 is 0 Å². The number of nitro benzene ring substituents is 1. The number of benzene rings is 1. The van der Waals surface area contributed by atoms with E-state index in [9.17, 15) is 10.1 Å². The lowest BCUT2D eigenvalue weighted by Crippen LogP contribution is -2.38. The van der Waals surface area contributed by atoms with Crippen LogP contribution in [0.1, 0.15) is 34.1 Å². The summed E-state index contributed by atoms with van der Waals surface area (Å²) in [5, 5.41) is 14.7. The molecule has 1 heterocycles. The van der Waals surface area contributed by atoms with Crippen molar-refractivity contribution in [2.75, 3.05) is 19.5 Å². The summed E-state index contributed by atoms with van der Waals surface area (Å²) in [6.45, 7) is 7.98. The van der Waals surface area contributed by atoms with Crippen molar-refractivity contribution in [2.45, 2.75) is 51.4 Å². The standard InChI is InChI=1S/C16H24N2O5/c1-15(2)9-14(16(3,4)23-15)17-10-7-12(21-5)13(22-6)8-11(10)18(19)20/h7-8,14,17H,9H2,1-6H3. The van der Waals surface area contributed by atoms with Crippen molar-refractivity contribution in [3.05, 3.63) is 22.2 Å². The van der Waals surface area contributed by atoms with E-state index in [1.165, 1.54) is 20.3 Å². The Morgan fingerprint density at radius 1 is 1.22 bits per heavy atom. The van der Waals surface area contributed by atoms with Gasteiger partial charge in [-0.3, -0.25) is 10.1 Å². The van der Waals surface area contributed by atoms with Crippen LogP contribution in [-0.4, -0.2) is 36.4 Å². The van der Waals surface area contributed by atoms with Crippen LogP contribution in [0.15, 0.2) is 12.1 Å². The highest BCUT2D eigenvalue weighted by molar-refractivity contribution is 5.69. The Bertz CT molecular complexity index is 613. The molecule has 1 aliphatic heterocycles. The minimum Gasteiger partial charge on any atom is -0.493 e. The molecule has 1 aromatic rings. The maximum absolute atomic E-state index is 11.4. The molecule has 1 saturated heterocycles. The molecule has 7 heteroatoms. The Morgan fingerprint density at radius 2 is 1.78 bits per heavy atom. The van der Waals surface area contributed by atoms with E-state index in [-0.39, 0.29) is 17.3 Å². The van der Waals surface area contributed by atoms with Crippen LogP contribution in [-0.2, 0) is 4.74 Å². The molecule has 23 heavy (non-hydrogen) atoms. The molecule has 1 fully saturated rings. The molecule has 0 radical (unpaired) electrons. The van der Waals surface area contributed by atoms with Crippen LogP contribution in [0.3, 0.4) is 0 Å². The zero-order valence-electron chi connectivity index (χ0n) is 14.4. The molecule has 0 aliphatic carbocycles. The number of nitrogens with zero attached hydrogens (tertiary/aromatic N) is 1. The minimum atomic E-state index is -0.440. The first-order valence-corrected chi connectivity index (χ1v) is 7.47. The van der Waals surface area contributed by atoms with Crippen LogP contribution < -0.4 is 14.8 Å². The number of hydrogen-bond acceptors (Lipinski definition) is 6. The first-order chi connectivity index (χ1) is 10.6. The van der Waals surface area contributed by atoms with Gasteiger partial charge in [0.2, 0.25) is 0 Å². The van der Waals surface area contributed by atoms with E-state index in [1.807, 2.05) is 27.7 Å². The van der Waals surface area contributed by atoms with Gasteiger partial charge < -0.3 is 19.5 Å². The zero-order chi connectivity index (χ0) is 17.4. The van der Waals surface area contributed by atoms with E-state index in [4.69, 9.17) is 14.2 Å². The third-order valence-electron chi connectivity index (χ3n) is 4.10. The van der Waals surface area contributed by atoms with Gasteiger partial charge in [-0.1, -0.05) is 0 Å². The molecule has 1 aliphatic rings. The maximum Gasteiger partial charge on any atom is 0.296 e. The van der Waals surface area contributed by atoms with Crippen molar-refractivity contribution in [1.82, 2.24) is 0 Å². The second kappa shape index (κ2) is 5.88. The summed E-state index contributed by atoms with van der Waals surface area (Å²) in [5.74, 6) is 0.767. The molecule has 2 rings (SSSR count). The fourth-order valence-corrected chi connectivity index (χ4v) is 3.11. The second-order valence-corrected chi connectivity index (χ2v) is 6.85. The number of ether oxygens (including phenoxy) is 3. The Hall–Kier alpha value is -2.02. The van der Waals surface area contributed by atoms with Crippen LogP contribution >= 0.6 is 0 Å². The minimum absolute atomic E-state index is 0.0526. The molecule has 0 bridgehead atoms. The molecule has 128 valence electrons. The summed E-state index contributed by atoms with van der Waals surface area (Å²) in [7, 11) is 2.95. The average molecular weight is 324 g/mol. The SMILES string of the molecule is COc1cc(NC2CC(C)(C)OC2(C)C)c([N+](=O)[O-])cc1OC. The highest BCUT2D eigenvalue weighted by Gasteiger charge is 2.46. The first-order valence-electron chi connectivity index (χ1n) is 7.47. The molecule has 7 nitrogen and oxygen atoms in total. The van der Waals surface area contributed by atoms with E-state index in [1.54, 1.807) is 6.07 Å². The number of hydrogen-bond donors (Lipinski definition) is 1. The Labute approximate surface area is 136 Å². The van der Waals surface area contributed by atoms with E-state index < -0.39 is 10.5 Å². The smallest absolute Gasteiger partial charge is 0.296 e. The van der Waals surface area contributed by atoms with Gasteiger partial charge in [-0.25, -0.2) is 0 Å². The van der Waals surface area contributed by atoms with Crippen molar-refractivity contribution < 1.29 is 19.1 Å². The van der Waals surface area contributed by atoms with Gasteiger partial charge in [-0.2, -0.15) is 0 Å². The van der Waals surface area contributed by atoms with Crippen molar-refractivity contribution in [1.29, 1.82) is 0 Å². The van der Waals surface area contributed by atoms with Crippen molar-refractivity contribution in [2.24, 2.45) is 0 Å². The van der Waals surface area contributed by atoms with Gasteiger partial charge in [-0.15, -0.1) is 0 Å². The van der Waals surface area contributed by atoms with Gasteiger partial charge in [0, 0.05) is 6.07 Å². The normalized spacial score (nSPS) is 21.7. The molecule has 1 atom stereocenters. The maximum atomic E-state index is 11.4. The van der Waals surface area contributed by atoms with E-state index in [0.717, 1.165) is 6.42 Å². The van der Waals surface area contributed by atoms with E-state index in [0.29, 0.717) is 17.2 Å². The lowest BCUT2D eigenvalue weighted by atomic mass is 9.94. The summed E-state index contributed by atoms with van der Waals surface area (Å²) in [4.78, 5) is 11.0. The summed E-state index contributed by atoms with van der Waals surface area (Å²) in [6, 6.07) is 2.90. The summed E-state index contributed by atoms with van der Waals surface area (Å²) < 4.78 is 16.4. The van der Waals surface area contributed by atoms with Crippen LogP contribution in [0.25, 0.3) is 0 Å². The largest absolute Gasteiger partial charge is 0.493 e.